The summed E-state index contributed by atoms with van der Waals surface area (Å²) in [5.74, 6) is 0. The van der Waals surface area contributed by atoms with Gasteiger partial charge < -0.3 is 0 Å². The molecule has 0 aliphatic heterocycles. The molecule has 1 saturated carbocycles. The van der Waals surface area contributed by atoms with Gasteiger partial charge in [-0.2, -0.15) is 0 Å². The number of hydrogen-bond acceptors (Lipinski definition) is 0. The van der Waals surface area contributed by atoms with E-state index in [1.165, 1.54) is 43.2 Å². The van der Waals surface area contributed by atoms with Crippen LogP contribution in [-0.4, -0.2) is 0 Å². The zero-order valence-electron chi connectivity index (χ0n) is 12.7. The van der Waals surface area contributed by atoms with E-state index in [9.17, 15) is 0 Å². The Morgan fingerprint density at radius 3 is 1.55 bits per heavy atom. The molecule has 0 spiro atoms. The van der Waals surface area contributed by atoms with Crippen LogP contribution in [0.25, 0.3) is 0 Å². The fourth-order valence-corrected chi connectivity index (χ4v) is 4.06. The molecule has 0 amide bonds. The Morgan fingerprint density at radius 2 is 1.10 bits per heavy atom. The lowest BCUT2D eigenvalue weighted by atomic mass is 9.63. The summed E-state index contributed by atoms with van der Waals surface area (Å²) in [5, 5.41) is 0. The van der Waals surface area contributed by atoms with Crippen molar-refractivity contribution < 1.29 is 0 Å². The molecule has 0 nitrogen and oxygen atoms in total. The average molecular weight is 264 g/mol. The van der Waals surface area contributed by atoms with Gasteiger partial charge in [0.05, 0.1) is 0 Å². The topological polar surface area (TPSA) is 0 Å². The van der Waals surface area contributed by atoms with Crippen molar-refractivity contribution in [3.8, 4) is 0 Å². The summed E-state index contributed by atoms with van der Waals surface area (Å²) in [6.07, 6.45) is 6.68. The minimum absolute atomic E-state index is 0.245. The van der Waals surface area contributed by atoms with Gasteiger partial charge in [0.1, 0.15) is 0 Å². The van der Waals surface area contributed by atoms with Crippen LogP contribution in [-0.2, 0) is 5.41 Å². The first-order chi connectivity index (χ1) is 9.74. The van der Waals surface area contributed by atoms with Gasteiger partial charge in [0.25, 0.3) is 0 Å². The first-order valence-electron chi connectivity index (χ1n) is 7.86. The van der Waals surface area contributed by atoms with Crippen LogP contribution >= 0.6 is 0 Å². The van der Waals surface area contributed by atoms with Crippen LogP contribution in [0.15, 0.2) is 48.5 Å². The van der Waals surface area contributed by atoms with Gasteiger partial charge in [-0.3, -0.25) is 0 Å². The average Bonchev–Trinajstić information content (AvgIpc) is 2.49. The van der Waals surface area contributed by atoms with Gasteiger partial charge in [-0.1, -0.05) is 67.8 Å². The quantitative estimate of drug-likeness (QED) is 0.666. The van der Waals surface area contributed by atoms with Crippen LogP contribution in [0.1, 0.15) is 54.4 Å². The second kappa shape index (κ2) is 5.44. The van der Waals surface area contributed by atoms with Crippen molar-refractivity contribution in [2.75, 3.05) is 0 Å². The summed E-state index contributed by atoms with van der Waals surface area (Å²) in [4.78, 5) is 0. The Labute approximate surface area is 122 Å². The second-order valence-corrected chi connectivity index (χ2v) is 6.27. The molecule has 0 atom stereocenters. The molecule has 1 aliphatic carbocycles. The number of benzene rings is 2. The number of hydrogen-bond donors (Lipinski definition) is 0. The van der Waals surface area contributed by atoms with Crippen LogP contribution in [0.5, 0.6) is 0 Å². The molecule has 1 aliphatic rings. The zero-order valence-corrected chi connectivity index (χ0v) is 12.7. The summed E-state index contributed by atoms with van der Waals surface area (Å²) in [6.45, 7) is 4.54. The highest BCUT2D eigenvalue weighted by atomic mass is 14.4. The Bertz CT molecular complexity index is 541. The van der Waals surface area contributed by atoms with E-state index < -0.39 is 0 Å². The fourth-order valence-electron chi connectivity index (χ4n) is 4.06. The first-order valence-corrected chi connectivity index (χ1v) is 7.86. The lowest BCUT2D eigenvalue weighted by molar-refractivity contribution is 0.343. The van der Waals surface area contributed by atoms with E-state index in [0.29, 0.717) is 0 Å². The summed E-state index contributed by atoms with van der Waals surface area (Å²) in [5.41, 5.74) is 6.23. The molecule has 0 N–H and O–H groups in total. The third-order valence-electron chi connectivity index (χ3n) is 5.03. The Balaban J connectivity index is 2.20. The predicted octanol–water partition coefficient (Wildman–Crippen LogP) is 5.55. The van der Waals surface area contributed by atoms with Crippen molar-refractivity contribution in [1.82, 2.24) is 0 Å². The summed E-state index contributed by atoms with van der Waals surface area (Å²) in [6, 6.07) is 18.0. The molecule has 20 heavy (non-hydrogen) atoms. The highest BCUT2D eigenvalue weighted by Crippen LogP contribution is 2.46. The van der Waals surface area contributed by atoms with Gasteiger partial charge in [0.15, 0.2) is 0 Å². The van der Waals surface area contributed by atoms with Crippen molar-refractivity contribution in [3.63, 3.8) is 0 Å². The van der Waals surface area contributed by atoms with E-state index in [1.54, 1.807) is 11.1 Å². The fraction of sp³-hybridized carbons (Fsp3) is 0.400. The van der Waals surface area contributed by atoms with E-state index in [-0.39, 0.29) is 5.41 Å². The van der Waals surface area contributed by atoms with E-state index in [0.717, 1.165) is 0 Å². The molecule has 0 heteroatoms. The van der Waals surface area contributed by atoms with Gasteiger partial charge in [0, 0.05) is 5.41 Å². The number of rotatable bonds is 2. The standard InChI is InChI=1S/C20H24/c1-16-10-4-6-12-18(16)20(14-8-3-9-15-20)19-13-7-5-11-17(19)2/h4-7,10-13H,3,8-9,14-15H2,1-2H3. The van der Waals surface area contributed by atoms with Gasteiger partial charge in [-0.25, -0.2) is 0 Å². The van der Waals surface area contributed by atoms with E-state index in [1.807, 2.05) is 0 Å². The monoisotopic (exact) mass is 264 g/mol. The van der Waals surface area contributed by atoms with Gasteiger partial charge >= 0.3 is 0 Å². The molecule has 104 valence electrons. The van der Waals surface area contributed by atoms with Crippen molar-refractivity contribution in [3.05, 3.63) is 70.8 Å². The van der Waals surface area contributed by atoms with Crippen molar-refractivity contribution in [2.24, 2.45) is 0 Å². The van der Waals surface area contributed by atoms with Gasteiger partial charge in [0.2, 0.25) is 0 Å². The second-order valence-electron chi connectivity index (χ2n) is 6.27. The molecule has 0 radical (unpaired) electrons. The van der Waals surface area contributed by atoms with Crippen LogP contribution in [0.3, 0.4) is 0 Å². The molecule has 3 rings (SSSR count). The van der Waals surface area contributed by atoms with E-state index in [4.69, 9.17) is 0 Å². The molecule has 0 saturated heterocycles. The van der Waals surface area contributed by atoms with E-state index >= 15 is 0 Å². The SMILES string of the molecule is Cc1ccccc1C1(c2ccccc2C)CCCCC1. The van der Waals surface area contributed by atoms with Crippen LogP contribution < -0.4 is 0 Å². The summed E-state index contributed by atoms with van der Waals surface area (Å²) in [7, 11) is 0. The first kappa shape index (κ1) is 13.4. The van der Waals surface area contributed by atoms with Crippen molar-refractivity contribution >= 4 is 0 Å². The Morgan fingerprint density at radius 1 is 0.650 bits per heavy atom. The maximum atomic E-state index is 2.35. The molecule has 0 bridgehead atoms. The lowest BCUT2D eigenvalue weighted by Crippen LogP contribution is -2.32. The van der Waals surface area contributed by atoms with Gasteiger partial charge in [-0.05, 0) is 48.9 Å². The van der Waals surface area contributed by atoms with E-state index in [2.05, 4.69) is 62.4 Å². The minimum Gasteiger partial charge on any atom is -0.0620 e. The van der Waals surface area contributed by atoms with Crippen molar-refractivity contribution in [1.29, 1.82) is 0 Å². The molecule has 2 aromatic carbocycles. The Kier molecular flexibility index (Phi) is 3.65. The molecule has 0 heterocycles. The molecule has 1 fully saturated rings. The normalized spacial score (nSPS) is 17.9. The molecule has 0 unspecified atom stereocenters. The Hall–Kier alpha value is -1.56. The largest absolute Gasteiger partial charge is 0.0620 e. The van der Waals surface area contributed by atoms with Gasteiger partial charge in [-0.15, -0.1) is 0 Å². The van der Waals surface area contributed by atoms with Crippen molar-refractivity contribution in [2.45, 2.75) is 51.4 Å². The van der Waals surface area contributed by atoms with Crippen LogP contribution in [0, 0.1) is 13.8 Å². The molecular formula is C20H24. The summed E-state index contributed by atoms with van der Waals surface area (Å²) < 4.78 is 0. The number of aryl methyl sites for hydroxylation is 2. The smallest absolute Gasteiger partial charge is 0.0208 e. The third-order valence-corrected chi connectivity index (χ3v) is 5.03. The third kappa shape index (κ3) is 2.18. The van der Waals surface area contributed by atoms with Crippen LogP contribution in [0.4, 0.5) is 0 Å². The predicted molar refractivity (Wildman–Crippen MR) is 86.2 cm³/mol. The highest BCUT2D eigenvalue weighted by Gasteiger charge is 2.37. The maximum Gasteiger partial charge on any atom is 0.0208 e. The molecular weight excluding hydrogens is 240 g/mol. The summed E-state index contributed by atoms with van der Waals surface area (Å²) >= 11 is 0. The molecule has 0 aromatic heterocycles. The minimum atomic E-state index is 0.245. The maximum absolute atomic E-state index is 2.35. The molecule has 2 aromatic rings. The lowest BCUT2D eigenvalue weighted by Gasteiger charge is -2.40. The van der Waals surface area contributed by atoms with Crippen LogP contribution in [0.2, 0.25) is 0 Å². The highest BCUT2D eigenvalue weighted by molar-refractivity contribution is 5.46. The zero-order chi connectivity index (χ0) is 14.0.